The van der Waals surface area contributed by atoms with Gasteiger partial charge in [0.2, 0.25) is 0 Å². The molecular formula is C9H8F3NO3. The third-order valence-corrected chi connectivity index (χ3v) is 1.91. The van der Waals surface area contributed by atoms with E-state index in [0.29, 0.717) is 6.07 Å². The Morgan fingerprint density at radius 3 is 2.38 bits per heavy atom. The Morgan fingerprint density at radius 1 is 1.44 bits per heavy atom. The predicted octanol–water partition coefficient (Wildman–Crippen LogP) is 1.99. The van der Waals surface area contributed by atoms with E-state index in [4.69, 9.17) is 10.8 Å². The van der Waals surface area contributed by atoms with Crippen molar-refractivity contribution >= 4 is 11.7 Å². The molecule has 0 unspecified atom stereocenters. The van der Waals surface area contributed by atoms with E-state index in [0.717, 1.165) is 13.2 Å². The lowest BCUT2D eigenvalue weighted by Gasteiger charge is -2.13. The van der Waals surface area contributed by atoms with Gasteiger partial charge in [0.05, 0.1) is 23.9 Å². The molecule has 1 aromatic carbocycles. The first-order valence-electron chi connectivity index (χ1n) is 4.05. The minimum absolute atomic E-state index is 0.159. The van der Waals surface area contributed by atoms with Gasteiger partial charge in [0.25, 0.3) is 0 Å². The van der Waals surface area contributed by atoms with Crippen molar-refractivity contribution in [2.75, 3.05) is 12.8 Å². The molecule has 16 heavy (non-hydrogen) atoms. The number of aromatic carboxylic acids is 1. The average Bonchev–Trinajstić information content (AvgIpc) is 2.15. The van der Waals surface area contributed by atoms with Crippen molar-refractivity contribution in [1.29, 1.82) is 0 Å². The number of nitrogens with two attached hydrogens (primary N) is 1. The van der Waals surface area contributed by atoms with Gasteiger partial charge in [0.1, 0.15) is 5.75 Å². The number of ether oxygens (including phenoxy) is 1. The van der Waals surface area contributed by atoms with Crippen LogP contribution >= 0.6 is 0 Å². The van der Waals surface area contributed by atoms with Gasteiger partial charge in [-0.3, -0.25) is 0 Å². The SMILES string of the molecule is COc1cc(C(F)(F)F)c(C(=O)O)cc1N. The van der Waals surface area contributed by atoms with Crippen LogP contribution in [0.15, 0.2) is 12.1 Å². The molecule has 0 amide bonds. The first kappa shape index (κ1) is 12.2. The van der Waals surface area contributed by atoms with E-state index in [-0.39, 0.29) is 11.4 Å². The van der Waals surface area contributed by atoms with Crippen LogP contribution in [0, 0.1) is 0 Å². The Kier molecular flexibility index (Phi) is 2.97. The van der Waals surface area contributed by atoms with Crippen molar-refractivity contribution in [3.05, 3.63) is 23.3 Å². The van der Waals surface area contributed by atoms with Crippen molar-refractivity contribution in [3.8, 4) is 5.75 Å². The molecule has 0 aliphatic rings. The molecule has 0 saturated heterocycles. The van der Waals surface area contributed by atoms with E-state index >= 15 is 0 Å². The van der Waals surface area contributed by atoms with Crippen molar-refractivity contribution in [3.63, 3.8) is 0 Å². The summed E-state index contributed by atoms with van der Waals surface area (Å²) in [6.07, 6.45) is -4.77. The summed E-state index contributed by atoms with van der Waals surface area (Å²) >= 11 is 0. The van der Waals surface area contributed by atoms with Gasteiger partial charge in [0.15, 0.2) is 0 Å². The third kappa shape index (κ3) is 2.18. The molecule has 0 aromatic heterocycles. The molecule has 3 N–H and O–H groups in total. The number of rotatable bonds is 2. The number of anilines is 1. The summed E-state index contributed by atoms with van der Waals surface area (Å²) in [4.78, 5) is 10.6. The fraction of sp³-hybridized carbons (Fsp3) is 0.222. The van der Waals surface area contributed by atoms with Crippen molar-refractivity contribution in [2.45, 2.75) is 6.18 Å². The lowest BCUT2D eigenvalue weighted by molar-refractivity contribution is -0.138. The average molecular weight is 235 g/mol. The summed E-state index contributed by atoms with van der Waals surface area (Å²) in [5, 5.41) is 8.62. The quantitative estimate of drug-likeness (QED) is 0.769. The molecular weight excluding hydrogens is 227 g/mol. The maximum absolute atomic E-state index is 12.5. The van der Waals surface area contributed by atoms with Crippen LogP contribution in [0.2, 0.25) is 0 Å². The topological polar surface area (TPSA) is 72.5 Å². The van der Waals surface area contributed by atoms with Crippen LogP contribution in [0.25, 0.3) is 0 Å². The van der Waals surface area contributed by atoms with E-state index in [1.165, 1.54) is 0 Å². The van der Waals surface area contributed by atoms with Gasteiger partial charge in [-0.2, -0.15) is 13.2 Å². The number of carboxylic acids is 1. The Labute approximate surface area is 88.4 Å². The van der Waals surface area contributed by atoms with Gasteiger partial charge in [-0.15, -0.1) is 0 Å². The number of carboxylic acid groups (broad SMARTS) is 1. The Morgan fingerprint density at radius 2 is 2.00 bits per heavy atom. The second-order valence-electron chi connectivity index (χ2n) is 2.94. The summed E-state index contributed by atoms with van der Waals surface area (Å²) < 4.78 is 42.1. The third-order valence-electron chi connectivity index (χ3n) is 1.91. The molecule has 0 bridgehead atoms. The Hall–Kier alpha value is -1.92. The molecule has 0 aliphatic carbocycles. The van der Waals surface area contributed by atoms with Crippen LogP contribution in [0.4, 0.5) is 18.9 Å². The smallest absolute Gasteiger partial charge is 0.417 e. The highest BCUT2D eigenvalue weighted by atomic mass is 19.4. The number of hydrogen-bond acceptors (Lipinski definition) is 3. The van der Waals surface area contributed by atoms with Gasteiger partial charge in [-0.25, -0.2) is 4.79 Å². The molecule has 0 spiro atoms. The summed E-state index contributed by atoms with van der Waals surface area (Å²) in [6, 6.07) is 1.29. The van der Waals surface area contributed by atoms with Crippen LogP contribution in [-0.4, -0.2) is 18.2 Å². The van der Waals surface area contributed by atoms with Crippen LogP contribution in [0.1, 0.15) is 15.9 Å². The number of nitrogen functional groups attached to an aromatic ring is 1. The number of alkyl halides is 3. The molecule has 0 fully saturated rings. The van der Waals surface area contributed by atoms with Gasteiger partial charge >= 0.3 is 12.1 Å². The first-order valence-corrected chi connectivity index (χ1v) is 4.05. The zero-order valence-corrected chi connectivity index (χ0v) is 8.13. The van der Waals surface area contributed by atoms with Gasteiger partial charge in [-0.1, -0.05) is 0 Å². The van der Waals surface area contributed by atoms with E-state index in [2.05, 4.69) is 4.74 Å². The van der Waals surface area contributed by atoms with E-state index in [1.54, 1.807) is 0 Å². The van der Waals surface area contributed by atoms with Crippen LogP contribution in [0.5, 0.6) is 5.75 Å². The Balaban J connectivity index is 3.49. The van der Waals surface area contributed by atoms with Crippen molar-refractivity contribution in [2.24, 2.45) is 0 Å². The first-order chi connectivity index (χ1) is 7.27. The van der Waals surface area contributed by atoms with E-state index in [9.17, 15) is 18.0 Å². The summed E-state index contributed by atoms with van der Waals surface area (Å²) in [5.74, 6) is -1.90. The highest BCUT2D eigenvalue weighted by Gasteiger charge is 2.36. The standard InChI is InChI=1S/C9H8F3NO3/c1-16-7-3-5(9(10,11)12)4(8(14)15)2-6(7)13/h2-3H,13H2,1H3,(H,14,15). The number of methoxy groups -OCH3 is 1. The van der Waals surface area contributed by atoms with E-state index < -0.39 is 23.3 Å². The lowest BCUT2D eigenvalue weighted by atomic mass is 10.1. The number of halogens is 3. The minimum atomic E-state index is -4.77. The fourth-order valence-corrected chi connectivity index (χ4v) is 1.18. The van der Waals surface area contributed by atoms with Crippen LogP contribution in [-0.2, 0) is 6.18 Å². The van der Waals surface area contributed by atoms with E-state index in [1.807, 2.05) is 0 Å². The zero-order chi connectivity index (χ0) is 12.5. The van der Waals surface area contributed by atoms with Crippen LogP contribution in [0.3, 0.4) is 0 Å². The maximum Gasteiger partial charge on any atom is 0.417 e. The van der Waals surface area contributed by atoms with Gasteiger partial charge in [-0.05, 0) is 12.1 Å². The fourth-order valence-electron chi connectivity index (χ4n) is 1.18. The molecule has 1 aromatic rings. The molecule has 0 heterocycles. The summed E-state index contributed by atoms with van der Waals surface area (Å²) in [5.41, 5.74) is 2.98. The van der Waals surface area contributed by atoms with Gasteiger partial charge < -0.3 is 15.6 Å². The molecule has 7 heteroatoms. The predicted molar refractivity (Wildman–Crippen MR) is 49.4 cm³/mol. The minimum Gasteiger partial charge on any atom is -0.495 e. The number of hydrogen-bond donors (Lipinski definition) is 2. The molecule has 4 nitrogen and oxygen atoms in total. The maximum atomic E-state index is 12.5. The van der Waals surface area contributed by atoms with Gasteiger partial charge in [0, 0.05) is 0 Å². The summed E-state index contributed by atoms with van der Waals surface area (Å²) in [7, 11) is 1.15. The highest BCUT2D eigenvalue weighted by molar-refractivity contribution is 5.91. The molecule has 0 atom stereocenters. The largest absolute Gasteiger partial charge is 0.495 e. The number of benzene rings is 1. The molecule has 0 saturated carbocycles. The molecule has 88 valence electrons. The zero-order valence-electron chi connectivity index (χ0n) is 8.13. The summed E-state index contributed by atoms with van der Waals surface area (Å²) in [6.45, 7) is 0. The second-order valence-corrected chi connectivity index (χ2v) is 2.94. The molecule has 0 radical (unpaired) electrons. The lowest BCUT2D eigenvalue weighted by Crippen LogP contribution is -2.14. The van der Waals surface area contributed by atoms with Crippen molar-refractivity contribution in [1.82, 2.24) is 0 Å². The normalized spacial score (nSPS) is 11.2. The molecule has 0 aliphatic heterocycles. The van der Waals surface area contributed by atoms with Crippen LogP contribution < -0.4 is 10.5 Å². The highest BCUT2D eigenvalue weighted by Crippen LogP contribution is 2.37. The molecule has 1 rings (SSSR count). The van der Waals surface area contributed by atoms with Crippen molar-refractivity contribution < 1.29 is 27.8 Å². The number of carbonyl (C=O) groups is 1. The monoisotopic (exact) mass is 235 g/mol. The Bertz CT molecular complexity index is 429. The second kappa shape index (κ2) is 3.92.